The molecule has 0 saturated carbocycles. The summed E-state index contributed by atoms with van der Waals surface area (Å²) in [5, 5.41) is 5.85. The molecule has 2 amide bonds. The maximum absolute atomic E-state index is 12.1. The minimum Gasteiger partial charge on any atom is -0.377 e. The van der Waals surface area contributed by atoms with Gasteiger partial charge < -0.3 is 20.1 Å². The van der Waals surface area contributed by atoms with E-state index >= 15 is 0 Å². The van der Waals surface area contributed by atoms with Crippen molar-refractivity contribution in [3.05, 3.63) is 29.8 Å². The van der Waals surface area contributed by atoms with Crippen molar-refractivity contribution in [3.8, 4) is 0 Å². The summed E-state index contributed by atoms with van der Waals surface area (Å²) in [4.78, 5) is 12.1. The van der Waals surface area contributed by atoms with E-state index in [0.29, 0.717) is 19.1 Å². The van der Waals surface area contributed by atoms with Crippen LogP contribution in [0.4, 0.5) is 10.5 Å². The predicted molar refractivity (Wildman–Crippen MR) is 101 cm³/mol. The van der Waals surface area contributed by atoms with Crippen molar-refractivity contribution in [2.24, 2.45) is 11.3 Å². The molecule has 2 atom stereocenters. The van der Waals surface area contributed by atoms with Gasteiger partial charge in [0.2, 0.25) is 0 Å². The molecule has 2 rings (SSSR count). The summed E-state index contributed by atoms with van der Waals surface area (Å²) in [5.41, 5.74) is 1.96. The fraction of sp³-hybridized carbons (Fsp3) is 0.650. The van der Waals surface area contributed by atoms with Crippen molar-refractivity contribution in [2.45, 2.75) is 59.9 Å². The lowest BCUT2D eigenvalue weighted by Gasteiger charge is -2.31. The van der Waals surface area contributed by atoms with E-state index in [-0.39, 0.29) is 23.7 Å². The molecule has 25 heavy (non-hydrogen) atoms. The zero-order valence-electron chi connectivity index (χ0n) is 16.1. The third kappa shape index (κ3) is 6.33. The van der Waals surface area contributed by atoms with Crippen molar-refractivity contribution in [1.29, 1.82) is 0 Å². The molecular formula is C20H32N2O3. The Morgan fingerprint density at radius 1 is 1.28 bits per heavy atom. The molecule has 0 aromatic heterocycles. The van der Waals surface area contributed by atoms with Crippen molar-refractivity contribution < 1.29 is 14.3 Å². The number of carbonyl (C=O) groups excluding carboxylic acids is 1. The molecule has 1 aromatic carbocycles. The van der Waals surface area contributed by atoms with Gasteiger partial charge in [-0.15, -0.1) is 0 Å². The zero-order chi connectivity index (χ0) is 18.4. The second-order valence-corrected chi connectivity index (χ2v) is 8.10. The number of amides is 2. The fourth-order valence-electron chi connectivity index (χ4n) is 3.15. The number of anilines is 1. The molecule has 1 heterocycles. The van der Waals surface area contributed by atoms with Gasteiger partial charge in [0, 0.05) is 24.8 Å². The zero-order valence-corrected chi connectivity index (χ0v) is 16.1. The monoisotopic (exact) mass is 348 g/mol. The first kappa shape index (κ1) is 19.7. The van der Waals surface area contributed by atoms with Crippen LogP contribution in [0.3, 0.4) is 0 Å². The highest BCUT2D eigenvalue weighted by Crippen LogP contribution is 2.34. The highest BCUT2D eigenvalue weighted by Gasteiger charge is 2.37. The van der Waals surface area contributed by atoms with Gasteiger partial charge in [0.05, 0.1) is 18.8 Å². The lowest BCUT2D eigenvalue weighted by Crippen LogP contribution is -2.40. The molecule has 0 aliphatic carbocycles. The number of ether oxygens (including phenoxy) is 2. The largest absolute Gasteiger partial charge is 0.377 e. The van der Waals surface area contributed by atoms with Crippen molar-refractivity contribution in [1.82, 2.24) is 5.32 Å². The summed E-state index contributed by atoms with van der Waals surface area (Å²) in [7, 11) is 0. The Kier molecular flexibility index (Phi) is 6.85. The van der Waals surface area contributed by atoms with Crippen LogP contribution >= 0.6 is 0 Å². The van der Waals surface area contributed by atoms with Crippen LogP contribution < -0.4 is 10.6 Å². The van der Waals surface area contributed by atoms with Gasteiger partial charge in [-0.1, -0.05) is 32.9 Å². The van der Waals surface area contributed by atoms with E-state index in [4.69, 9.17) is 9.47 Å². The van der Waals surface area contributed by atoms with Crippen LogP contribution in [-0.4, -0.2) is 31.4 Å². The Hall–Kier alpha value is -1.59. The van der Waals surface area contributed by atoms with Crippen LogP contribution in [0.1, 0.15) is 46.6 Å². The molecule has 0 unspecified atom stereocenters. The lowest BCUT2D eigenvalue weighted by molar-refractivity contribution is 0.00782. The van der Waals surface area contributed by atoms with Gasteiger partial charge in [0.1, 0.15) is 0 Å². The van der Waals surface area contributed by atoms with Crippen LogP contribution in [0, 0.1) is 11.3 Å². The van der Waals surface area contributed by atoms with Gasteiger partial charge in [-0.25, -0.2) is 4.79 Å². The Labute approximate surface area is 151 Å². The second kappa shape index (κ2) is 8.68. The summed E-state index contributed by atoms with van der Waals surface area (Å²) < 4.78 is 11.4. The molecule has 0 spiro atoms. The van der Waals surface area contributed by atoms with Gasteiger partial charge in [-0.2, -0.15) is 0 Å². The molecule has 5 heteroatoms. The molecular weight excluding hydrogens is 316 g/mol. The van der Waals surface area contributed by atoms with Crippen LogP contribution in [0.2, 0.25) is 0 Å². The SMILES string of the molecule is CC(C)OCc1ccc(NC(=O)NC[C@H]2CCO[C@@H]2C(C)(C)C)cc1. The van der Waals surface area contributed by atoms with E-state index in [1.165, 1.54) is 0 Å². The van der Waals surface area contributed by atoms with Crippen LogP contribution in [0.5, 0.6) is 0 Å². The van der Waals surface area contributed by atoms with Gasteiger partial charge >= 0.3 is 6.03 Å². The normalized spacial score (nSPS) is 20.7. The molecule has 1 aliphatic heterocycles. The first-order valence-corrected chi connectivity index (χ1v) is 9.12. The molecule has 1 saturated heterocycles. The minimum absolute atomic E-state index is 0.0905. The average molecular weight is 348 g/mol. The van der Waals surface area contributed by atoms with E-state index in [1.807, 2.05) is 38.1 Å². The van der Waals surface area contributed by atoms with Gasteiger partial charge in [-0.3, -0.25) is 0 Å². The highest BCUT2D eigenvalue weighted by atomic mass is 16.5. The number of rotatable bonds is 6. The van der Waals surface area contributed by atoms with E-state index in [1.54, 1.807) is 0 Å². The average Bonchev–Trinajstić information content (AvgIpc) is 3.01. The summed E-state index contributed by atoms with van der Waals surface area (Å²) >= 11 is 0. The molecule has 5 nitrogen and oxygen atoms in total. The van der Waals surface area contributed by atoms with Gasteiger partial charge in [-0.05, 0) is 43.4 Å². The first-order valence-electron chi connectivity index (χ1n) is 9.12. The minimum atomic E-state index is -0.175. The van der Waals surface area contributed by atoms with E-state index in [9.17, 15) is 4.79 Å². The van der Waals surface area contributed by atoms with Crippen molar-refractivity contribution in [2.75, 3.05) is 18.5 Å². The van der Waals surface area contributed by atoms with Gasteiger partial charge in [0.15, 0.2) is 0 Å². The third-order valence-corrected chi connectivity index (χ3v) is 4.39. The highest BCUT2D eigenvalue weighted by molar-refractivity contribution is 5.89. The summed E-state index contributed by atoms with van der Waals surface area (Å²) in [6.45, 7) is 12.6. The van der Waals surface area contributed by atoms with Crippen LogP contribution in [0.25, 0.3) is 0 Å². The molecule has 0 bridgehead atoms. The van der Waals surface area contributed by atoms with Crippen molar-refractivity contribution in [3.63, 3.8) is 0 Å². The lowest BCUT2D eigenvalue weighted by atomic mass is 9.81. The maximum Gasteiger partial charge on any atom is 0.319 e. The Morgan fingerprint density at radius 2 is 1.96 bits per heavy atom. The van der Waals surface area contributed by atoms with E-state index < -0.39 is 0 Å². The van der Waals surface area contributed by atoms with Crippen LogP contribution in [-0.2, 0) is 16.1 Å². The Bertz CT molecular complexity index is 549. The topological polar surface area (TPSA) is 59.6 Å². The predicted octanol–water partition coefficient (Wildman–Crippen LogP) is 4.18. The number of hydrogen-bond donors (Lipinski definition) is 2. The van der Waals surface area contributed by atoms with E-state index in [0.717, 1.165) is 24.3 Å². The Morgan fingerprint density at radius 3 is 2.56 bits per heavy atom. The number of hydrogen-bond acceptors (Lipinski definition) is 3. The summed E-state index contributed by atoms with van der Waals surface area (Å²) in [6.07, 6.45) is 1.39. The number of carbonyl (C=O) groups is 1. The maximum atomic E-state index is 12.1. The molecule has 140 valence electrons. The number of nitrogens with one attached hydrogen (secondary N) is 2. The Balaban J connectivity index is 1.78. The van der Waals surface area contributed by atoms with Crippen molar-refractivity contribution >= 4 is 11.7 Å². The second-order valence-electron chi connectivity index (χ2n) is 8.10. The summed E-state index contributed by atoms with van der Waals surface area (Å²) in [5.74, 6) is 0.362. The molecule has 2 N–H and O–H groups in total. The molecule has 1 aromatic rings. The molecule has 1 aliphatic rings. The third-order valence-electron chi connectivity index (χ3n) is 4.39. The first-order chi connectivity index (χ1) is 11.8. The quantitative estimate of drug-likeness (QED) is 0.810. The van der Waals surface area contributed by atoms with Crippen LogP contribution in [0.15, 0.2) is 24.3 Å². The summed E-state index contributed by atoms with van der Waals surface area (Å²) in [6, 6.07) is 7.56. The van der Waals surface area contributed by atoms with Gasteiger partial charge in [0.25, 0.3) is 0 Å². The number of urea groups is 1. The molecule has 0 radical (unpaired) electrons. The fourth-order valence-corrected chi connectivity index (χ4v) is 3.15. The molecule has 1 fully saturated rings. The number of benzene rings is 1. The van der Waals surface area contributed by atoms with E-state index in [2.05, 4.69) is 31.4 Å². The smallest absolute Gasteiger partial charge is 0.319 e. The standard InChI is InChI=1S/C20H32N2O3/c1-14(2)25-13-15-6-8-17(9-7-15)22-19(23)21-12-16-10-11-24-18(16)20(3,4)5/h6-9,14,16,18H,10-13H2,1-5H3,(H2,21,22,23)/t16-,18+/m1/s1.